The Morgan fingerprint density at radius 3 is 1.06 bits per heavy atom. The van der Waals surface area contributed by atoms with E-state index in [2.05, 4.69) is 39.8 Å². The Kier molecular flexibility index (Phi) is 22.4. The van der Waals surface area contributed by atoms with Gasteiger partial charge in [0.1, 0.15) is 20.2 Å². The molecule has 0 aliphatic carbocycles. The summed E-state index contributed by atoms with van der Waals surface area (Å²) in [6.07, 6.45) is 21.2. The van der Waals surface area contributed by atoms with Gasteiger partial charge in [-0.3, -0.25) is 0 Å². The molecule has 0 amide bonds. The average Bonchev–Trinajstić information content (AvgIpc) is 3.11. The van der Waals surface area contributed by atoms with E-state index in [-0.39, 0.29) is 47.5 Å². The third kappa shape index (κ3) is 15.9. The Hall–Kier alpha value is -1.52. The maximum atomic E-state index is 11.9. The summed E-state index contributed by atoms with van der Waals surface area (Å²) >= 11 is 0. The molecule has 0 saturated carbocycles. The van der Waals surface area contributed by atoms with E-state index in [0.29, 0.717) is 10.8 Å². The monoisotopic (exact) mass is 790 g/mol. The molecule has 0 radical (unpaired) electrons. The van der Waals surface area contributed by atoms with Crippen LogP contribution in [0.5, 0.6) is 0 Å². The van der Waals surface area contributed by atoms with Crippen LogP contribution in [-0.4, -0.2) is 63.7 Å². The minimum absolute atomic E-state index is 0. The fourth-order valence-corrected chi connectivity index (χ4v) is 8.73. The molecule has 0 N–H and O–H groups in total. The van der Waals surface area contributed by atoms with Gasteiger partial charge in [0.25, 0.3) is 0 Å². The van der Waals surface area contributed by atoms with E-state index < -0.39 is 20.2 Å². The first-order valence-electron chi connectivity index (χ1n) is 19.9. The number of fused-ring (bicyclic) bond motifs is 2. The average molecular weight is 791 g/mol. The van der Waals surface area contributed by atoms with Crippen molar-refractivity contribution in [3.8, 4) is 0 Å². The molecule has 4 rings (SSSR count). The Balaban J connectivity index is 0.000000360. The van der Waals surface area contributed by atoms with Crippen molar-refractivity contribution in [3.05, 3.63) is 82.9 Å². The van der Waals surface area contributed by atoms with Crippen molar-refractivity contribution in [2.75, 3.05) is 0 Å². The number of aryl methyl sites for hydroxylation is 4. The molecule has 6 nitrogen and oxygen atoms in total. The van der Waals surface area contributed by atoms with Crippen LogP contribution in [0.2, 0.25) is 0 Å². The Morgan fingerprint density at radius 1 is 0.434 bits per heavy atom. The number of unbranched alkanes of at least 4 members (excludes halogenated alkanes) is 12. The quantitative estimate of drug-likeness (QED) is 0.0445. The zero-order chi connectivity index (χ0) is 38.0. The minimum Gasteiger partial charge on any atom is -0.744 e. The number of hydrogen-bond donors (Lipinski definition) is 0. The van der Waals surface area contributed by atoms with Crippen LogP contribution in [0.25, 0.3) is 21.5 Å². The fourth-order valence-electron chi connectivity index (χ4n) is 7.14. The first-order chi connectivity index (χ1) is 24.9. The Morgan fingerprint density at radius 2 is 0.755 bits per heavy atom. The molecule has 0 atom stereocenters. The SMILES string of the molecule is CCCCCCc1cc(S(=O)(=O)[O-])c2c(CCCCCC)cccc2c1.CCCCCCc1cc(S(=O)(=O)[O-])c2c(CCCCCC)cccc2c1.[Ca+2]. The van der Waals surface area contributed by atoms with Gasteiger partial charge in [-0.25, -0.2) is 16.8 Å². The van der Waals surface area contributed by atoms with Crippen LogP contribution >= 0.6 is 0 Å². The molecule has 0 bridgehead atoms. The first-order valence-corrected chi connectivity index (χ1v) is 22.8. The van der Waals surface area contributed by atoms with Gasteiger partial charge in [-0.05, 0) is 96.5 Å². The molecular weight excluding hydrogens is 729 g/mol. The molecular formula is C44H62CaO6S2. The number of benzene rings is 4. The molecule has 9 heteroatoms. The van der Waals surface area contributed by atoms with Gasteiger partial charge < -0.3 is 9.11 Å². The maximum Gasteiger partial charge on any atom is 2.00 e. The molecule has 0 fully saturated rings. The van der Waals surface area contributed by atoms with Gasteiger partial charge >= 0.3 is 37.7 Å². The van der Waals surface area contributed by atoms with Crippen LogP contribution < -0.4 is 0 Å². The molecule has 0 aliphatic heterocycles. The first kappa shape index (κ1) is 47.6. The summed E-state index contributed by atoms with van der Waals surface area (Å²) in [7, 11) is -8.99. The second-order valence-electron chi connectivity index (χ2n) is 14.4. The van der Waals surface area contributed by atoms with E-state index in [9.17, 15) is 25.9 Å². The summed E-state index contributed by atoms with van der Waals surface area (Å²) in [6.45, 7) is 8.67. The molecule has 0 saturated heterocycles. The van der Waals surface area contributed by atoms with Gasteiger partial charge in [-0.2, -0.15) is 0 Å². The van der Waals surface area contributed by atoms with Crippen LogP contribution in [0.15, 0.2) is 70.5 Å². The van der Waals surface area contributed by atoms with Crippen LogP contribution in [0.3, 0.4) is 0 Å². The molecule has 288 valence electrons. The molecule has 4 aromatic carbocycles. The van der Waals surface area contributed by atoms with Crippen molar-refractivity contribution >= 4 is 79.5 Å². The zero-order valence-corrected chi connectivity index (χ0v) is 36.7. The molecule has 0 heterocycles. The minimum atomic E-state index is -4.49. The molecule has 53 heavy (non-hydrogen) atoms. The van der Waals surface area contributed by atoms with E-state index in [1.165, 1.54) is 38.5 Å². The predicted octanol–water partition coefficient (Wildman–Crippen LogP) is 11.6. The number of rotatable bonds is 22. The molecule has 4 aromatic rings. The largest absolute Gasteiger partial charge is 2.00 e. The van der Waals surface area contributed by atoms with Crippen molar-refractivity contribution in [2.45, 2.75) is 166 Å². The third-order valence-electron chi connectivity index (χ3n) is 9.95. The Labute approximate surface area is 351 Å². The van der Waals surface area contributed by atoms with E-state index in [4.69, 9.17) is 0 Å². The van der Waals surface area contributed by atoms with E-state index in [1.807, 2.05) is 36.4 Å². The van der Waals surface area contributed by atoms with Gasteiger partial charge in [0, 0.05) is 10.8 Å². The molecule has 0 spiro atoms. The van der Waals surface area contributed by atoms with Crippen molar-refractivity contribution in [1.82, 2.24) is 0 Å². The number of hydrogen-bond acceptors (Lipinski definition) is 6. The summed E-state index contributed by atoms with van der Waals surface area (Å²) in [5.74, 6) is 0. The standard InChI is InChI=1S/2C22H32O3S.Ca/c2*1-3-5-7-9-12-18-16-20-15-11-14-19(13-10-8-6-4-2)22(20)21(17-18)26(23,24)25;/h2*11,14-17H,3-10,12-13H2,1-2H3,(H,23,24,25);/q;;+2/p-2. The topological polar surface area (TPSA) is 114 Å². The van der Waals surface area contributed by atoms with E-state index >= 15 is 0 Å². The molecule has 0 aromatic heterocycles. The van der Waals surface area contributed by atoms with Gasteiger partial charge in [0.05, 0.1) is 9.79 Å². The van der Waals surface area contributed by atoms with Gasteiger partial charge in [-0.15, -0.1) is 0 Å². The normalized spacial score (nSPS) is 11.7. The van der Waals surface area contributed by atoms with Gasteiger partial charge in [0.15, 0.2) is 0 Å². The van der Waals surface area contributed by atoms with Gasteiger partial charge in [0.2, 0.25) is 0 Å². The Bertz CT molecular complexity index is 1770. The second-order valence-corrected chi connectivity index (χ2v) is 17.1. The maximum absolute atomic E-state index is 11.9. The van der Waals surface area contributed by atoms with Crippen molar-refractivity contribution < 1.29 is 25.9 Å². The summed E-state index contributed by atoms with van der Waals surface area (Å²) in [6, 6.07) is 19.1. The second kappa shape index (κ2) is 24.9. The third-order valence-corrected chi connectivity index (χ3v) is 11.7. The zero-order valence-electron chi connectivity index (χ0n) is 32.9. The molecule has 0 unspecified atom stereocenters. The summed E-state index contributed by atoms with van der Waals surface area (Å²) < 4.78 is 71.7. The van der Waals surface area contributed by atoms with E-state index in [0.717, 1.165) is 123 Å². The van der Waals surface area contributed by atoms with E-state index in [1.54, 1.807) is 12.1 Å². The summed E-state index contributed by atoms with van der Waals surface area (Å²) in [5, 5.41) is 3.02. The predicted molar refractivity (Wildman–Crippen MR) is 221 cm³/mol. The van der Waals surface area contributed by atoms with Crippen LogP contribution in [-0.2, 0) is 45.9 Å². The van der Waals surface area contributed by atoms with Crippen molar-refractivity contribution in [2.24, 2.45) is 0 Å². The summed E-state index contributed by atoms with van der Waals surface area (Å²) in [5.41, 5.74) is 3.86. The summed E-state index contributed by atoms with van der Waals surface area (Å²) in [4.78, 5) is -0.0711. The van der Waals surface area contributed by atoms with Crippen LogP contribution in [0, 0.1) is 0 Å². The van der Waals surface area contributed by atoms with Crippen molar-refractivity contribution in [3.63, 3.8) is 0 Å². The van der Waals surface area contributed by atoms with Crippen LogP contribution in [0.4, 0.5) is 0 Å². The smallest absolute Gasteiger partial charge is 0.744 e. The molecule has 0 aliphatic rings. The van der Waals surface area contributed by atoms with Gasteiger partial charge in [-0.1, -0.05) is 153 Å². The van der Waals surface area contributed by atoms with Crippen LogP contribution in [0.1, 0.15) is 153 Å². The van der Waals surface area contributed by atoms with Crippen molar-refractivity contribution in [1.29, 1.82) is 0 Å². The fraction of sp³-hybridized carbons (Fsp3) is 0.545.